The Balaban J connectivity index is 1.28. The van der Waals surface area contributed by atoms with Crippen LogP contribution in [0.3, 0.4) is 0 Å². The molecule has 5 aromatic rings. The standard InChI is InChI=1S/C25H24N6OS/c1-17-8-9-20(14-18(17)2)21-15-22-24-27-28-25(30(24)12-13-31(22)29-21)33-16-23(32)26-11-10-19-6-4-3-5-7-19/h3-9,12-15H,10-11,16H2,1-2H3,(H,26,32). The van der Waals surface area contributed by atoms with Crippen LogP contribution in [-0.2, 0) is 11.2 Å². The average Bonchev–Trinajstić information content (AvgIpc) is 3.44. The predicted molar refractivity (Wildman–Crippen MR) is 131 cm³/mol. The van der Waals surface area contributed by atoms with E-state index >= 15 is 0 Å². The van der Waals surface area contributed by atoms with Crippen LogP contribution in [0.15, 0.2) is 72.1 Å². The molecule has 33 heavy (non-hydrogen) atoms. The first-order valence-electron chi connectivity index (χ1n) is 10.8. The predicted octanol–water partition coefficient (Wildman–Crippen LogP) is 4.11. The van der Waals surface area contributed by atoms with Gasteiger partial charge in [0.2, 0.25) is 5.91 Å². The van der Waals surface area contributed by atoms with Crippen LogP contribution in [0.1, 0.15) is 16.7 Å². The maximum absolute atomic E-state index is 12.3. The molecule has 7 nitrogen and oxygen atoms in total. The van der Waals surface area contributed by atoms with Gasteiger partial charge in [0.15, 0.2) is 10.8 Å². The molecule has 0 saturated carbocycles. The van der Waals surface area contributed by atoms with Crippen LogP contribution < -0.4 is 5.32 Å². The average molecular weight is 457 g/mol. The van der Waals surface area contributed by atoms with Crippen molar-refractivity contribution in [1.82, 2.24) is 29.5 Å². The SMILES string of the molecule is Cc1ccc(-c2cc3c4nnc(SCC(=O)NCCc5ccccc5)n4ccn3n2)cc1C. The van der Waals surface area contributed by atoms with E-state index < -0.39 is 0 Å². The number of aryl methyl sites for hydroxylation is 2. The largest absolute Gasteiger partial charge is 0.355 e. The highest BCUT2D eigenvalue weighted by Gasteiger charge is 2.14. The van der Waals surface area contributed by atoms with Gasteiger partial charge in [0, 0.05) is 24.5 Å². The summed E-state index contributed by atoms with van der Waals surface area (Å²) in [5, 5.41) is 17.0. The molecule has 0 aliphatic carbocycles. The molecular weight excluding hydrogens is 432 g/mol. The Bertz CT molecular complexity index is 1440. The summed E-state index contributed by atoms with van der Waals surface area (Å²) in [4.78, 5) is 12.3. The summed E-state index contributed by atoms with van der Waals surface area (Å²) in [6.07, 6.45) is 4.59. The summed E-state index contributed by atoms with van der Waals surface area (Å²) >= 11 is 1.37. The van der Waals surface area contributed by atoms with E-state index in [-0.39, 0.29) is 11.7 Å². The molecule has 1 N–H and O–H groups in total. The van der Waals surface area contributed by atoms with Crippen LogP contribution >= 0.6 is 11.8 Å². The van der Waals surface area contributed by atoms with E-state index in [0.717, 1.165) is 23.2 Å². The minimum Gasteiger partial charge on any atom is -0.355 e. The van der Waals surface area contributed by atoms with Crippen molar-refractivity contribution in [1.29, 1.82) is 0 Å². The van der Waals surface area contributed by atoms with E-state index in [1.807, 2.05) is 45.6 Å². The third-order valence-corrected chi connectivity index (χ3v) is 6.64. The Morgan fingerprint density at radius 3 is 2.67 bits per heavy atom. The van der Waals surface area contributed by atoms with Crippen molar-refractivity contribution >= 4 is 28.8 Å². The Morgan fingerprint density at radius 2 is 1.85 bits per heavy atom. The van der Waals surface area contributed by atoms with Gasteiger partial charge in [-0.2, -0.15) is 5.10 Å². The number of rotatable bonds is 7. The number of nitrogens with one attached hydrogen (secondary N) is 1. The molecule has 2 aromatic carbocycles. The Labute approximate surface area is 195 Å². The van der Waals surface area contributed by atoms with E-state index in [4.69, 9.17) is 5.10 Å². The summed E-state index contributed by atoms with van der Waals surface area (Å²) in [5.74, 6) is 0.267. The van der Waals surface area contributed by atoms with Crippen molar-refractivity contribution in [2.45, 2.75) is 25.4 Å². The van der Waals surface area contributed by atoms with Crippen molar-refractivity contribution in [2.24, 2.45) is 0 Å². The Hall–Kier alpha value is -3.65. The van der Waals surface area contributed by atoms with Crippen LogP contribution in [0, 0.1) is 13.8 Å². The third-order valence-electron chi connectivity index (χ3n) is 5.70. The normalized spacial score (nSPS) is 11.3. The number of fused-ring (bicyclic) bond motifs is 3. The molecule has 0 fully saturated rings. The highest BCUT2D eigenvalue weighted by Crippen LogP contribution is 2.25. The smallest absolute Gasteiger partial charge is 0.230 e. The maximum atomic E-state index is 12.3. The van der Waals surface area contributed by atoms with E-state index in [1.54, 1.807) is 0 Å². The molecular formula is C25H24N6OS. The second-order valence-electron chi connectivity index (χ2n) is 8.01. The summed E-state index contributed by atoms with van der Waals surface area (Å²) in [6.45, 7) is 4.82. The number of nitrogens with zero attached hydrogens (tertiary/aromatic N) is 5. The molecule has 0 radical (unpaired) electrons. The van der Waals surface area contributed by atoms with Gasteiger partial charge in [0.05, 0.1) is 11.4 Å². The minimum absolute atomic E-state index is 0.0184. The number of aromatic nitrogens is 5. The molecule has 3 heterocycles. The summed E-state index contributed by atoms with van der Waals surface area (Å²) < 4.78 is 3.72. The third kappa shape index (κ3) is 4.47. The van der Waals surface area contributed by atoms with Crippen LogP contribution in [0.2, 0.25) is 0 Å². The van der Waals surface area contributed by atoms with Crippen molar-refractivity contribution in [2.75, 3.05) is 12.3 Å². The van der Waals surface area contributed by atoms with Crippen LogP contribution in [-0.4, -0.2) is 42.4 Å². The van der Waals surface area contributed by atoms with Gasteiger partial charge in [0.25, 0.3) is 0 Å². The number of hydrogen-bond donors (Lipinski definition) is 1. The van der Waals surface area contributed by atoms with Crippen LogP contribution in [0.25, 0.3) is 22.4 Å². The van der Waals surface area contributed by atoms with E-state index in [2.05, 4.69) is 59.7 Å². The van der Waals surface area contributed by atoms with Crippen LogP contribution in [0.4, 0.5) is 0 Å². The summed E-state index contributed by atoms with van der Waals surface area (Å²) in [5.41, 5.74) is 7.25. The van der Waals surface area contributed by atoms with Gasteiger partial charge in [-0.05, 0) is 49.1 Å². The topological polar surface area (TPSA) is 76.6 Å². The zero-order chi connectivity index (χ0) is 22.8. The second-order valence-corrected chi connectivity index (χ2v) is 8.95. The molecule has 0 aliphatic heterocycles. The molecule has 5 rings (SSSR count). The van der Waals surface area contributed by atoms with Crippen molar-refractivity contribution in [3.8, 4) is 11.3 Å². The van der Waals surface area contributed by atoms with Crippen molar-refractivity contribution in [3.05, 3.63) is 83.7 Å². The Kier molecular flexibility index (Phi) is 5.83. The molecule has 0 atom stereocenters. The van der Waals surface area contributed by atoms with Gasteiger partial charge in [-0.15, -0.1) is 10.2 Å². The number of carbonyl (C=O) groups is 1. The van der Waals surface area contributed by atoms with Gasteiger partial charge in [0.1, 0.15) is 5.52 Å². The minimum atomic E-state index is -0.0184. The quantitative estimate of drug-likeness (QED) is 0.373. The molecule has 3 aromatic heterocycles. The summed E-state index contributed by atoms with van der Waals surface area (Å²) in [7, 11) is 0. The highest BCUT2D eigenvalue weighted by atomic mass is 32.2. The molecule has 0 spiro atoms. The fourth-order valence-electron chi connectivity index (χ4n) is 3.70. The Morgan fingerprint density at radius 1 is 1.00 bits per heavy atom. The molecule has 8 heteroatoms. The van der Waals surface area contributed by atoms with Gasteiger partial charge in [-0.25, -0.2) is 4.52 Å². The zero-order valence-corrected chi connectivity index (χ0v) is 19.3. The number of carbonyl (C=O) groups excluding carboxylic acids is 1. The monoisotopic (exact) mass is 456 g/mol. The first kappa shape index (κ1) is 21.2. The lowest BCUT2D eigenvalue weighted by atomic mass is 10.0. The van der Waals surface area contributed by atoms with E-state index in [9.17, 15) is 4.79 Å². The van der Waals surface area contributed by atoms with Gasteiger partial charge in [-0.1, -0.05) is 54.2 Å². The number of amides is 1. The lowest BCUT2D eigenvalue weighted by molar-refractivity contribution is -0.118. The van der Waals surface area contributed by atoms with E-state index in [0.29, 0.717) is 17.3 Å². The lowest BCUT2D eigenvalue weighted by Crippen LogP contribution is -2.27. The van der Waals surface area contributed by atoms with Gasteiger partial charge >= 0.3 is 0 Å². The zero-order valence-electron chi connectivity index (χ0n) is 18.5. The van der Waals surface area contributed by atoms with E-state index in [1.165, 1.54) is 28.5 Å². The summed E-state index contributed by atoms with van der Waals surface area (Å²) in [6, 6.07) is 18.5. The maximum Gasteiger partial charge on any atom is 0.230 e. The second kappa shape index (κ2) is 9.07. The molecule has 0 saturated heterocycles. The molecule has 0 bridgehead atoms. The number of benzene rings is 2. The fraction of sp³-hybridized carbons (Fsp3) is 0.200. The molecule has 166 valence electrons. The molecule has 1 amide bonds. The molecule has 0 aliphatic rings. The first-order valence-corrected chi connectivity index (χ1v) is 11.8. The van der Waals surface area contributed by atoms with Crippen LogP contribution in [0.5, 0.6) is 0 Å². The highest BCUT2D eigenvalue weighted by molar-refractivity contribution is 7.99. The lowest BCUT2D eigenvalue weighted by Gasteiger charge is -2.05. The fourth-order valence-corrected chi connectivity index (χ4v) is 4.45. The first-order chi connectivity index (χ1) is 16.1. The van der Waals surface area contributed by atoms with Crippen molar-refractivity contribution in [3.63, 3.8) is 0 Å². The van der Waals surface area contributed by atoms with Gasteiger partial charge < -0.3 is 5.32 Å². The number of thioether (sulfide) groups is 1. The van der Waals surface area contributed by atoms with Gasteiger partial charge in [-0.3, -0.25) is 9.20 Å². The van der Waals surface area contributed by atoms with Crippen molar-refractivity contribution < 1.29 is 4.79 Å². The number of hydrogen-bond acceptors (Lipinski definition) is 5. The molecule has 0 unspecified atom stereocenters.